The summed E-state index contributed by atoms with van der Waals surface area (Å²) in [5, 5.41) is 10.9. The largest absolute Gasteiger partial charge is 0.393 e. The molecule has 1 fully saturated rings. The molecule has 6 heteroatoms. The van der Waals surface area contributed by atoms with E-state index in [1.807, 2.05) is 0 Å². The van der Waals surface area contributed by atoms with Gasteiger partial charge in [0, 0.05) is 19.3 Å². The van der Waals surface area contributed by atoms with Gasteiger partial charge in [0.2, 0.25) is 0 Å². The van der Waals surface area contributed by atoms with Crippen molar-refractivity contribution in [3.8, 4) is 0 Å². The maximum absolute atomic E-state index is 11.4. The fraction of sp³-hybridized carbons (Fsp3) is 0.417. The van der Waals surface area contributed by atoms with Gasteiger partial charge in [-0.2, -0.15) is 0 Å². The molecule has 96 valence electrons. The van der Waals surface area contributed by atoms with E-state index < -0.39 is 10.3 Å². The highest BCUT2D eigenvalue weighted by molar-refractivity contribution is 5.71. The summed E-state index contributed by atoms with van der Waals surface area (Å²) in [6.07, 6.45) is 1.94. The summed E-state index contributed by atoms with van der Waals surface area (Å²) < 4.78 is 5.23. The number of carbonyl (C=O) groups is 1. The predicted molar refractivity (Wildman–Crippen MR) is 65.3 cm³/mol. The zero-order valence-electron chi connectivity index (χ0n) is 9.80. The van der Waals surface area contributed by atoms with Gasteiger partial charge >= 0.3 is 0 Å². The molecule has 1 saturated heterocycles. The lowest BCUT2D eigenvalue weighted by molar-refractivity contribution is -0.384. The molecule has 1 aliphatic rings. The molecule has 0 saturated carbocycles. The van der Waals surface area contributed by atoms with Crippen LogP contribution >= 0.6 is 0 Å². The maximum atomic E-state index is 11.4. The Balaban J connectivity index is 2.45. The number of anilines is 1. The minimum Gasteiger partial charge on any atom is -0.393 e. The van der Waals surface area contributed by atoms with Crippen LogP contribution in [0, 0.1) is 10.1 Å². The van der Waals surface area contributed by atoms with Crippen LogP contribution in [0.1, 0.15) is 18.4 Å². The van der Waals surface area contributed by atoms with Crippen LogP contribution in [0.3, 0.4) is 0 Å². The number of ether oxygens (including phenoxy) is 1. The van der Waals surface area contributed by atoms with Gasteiger partial charge in [-0.3, -0.25) is 10.1 Å². The standard InChI is InChI=1S/C12H14N2O4/c13-10-2-1-9(7-11(10)14(16)17)12(8-15)3-5-18-6-4-12/h1-2,7-8H,3-6,13H2. The second-order valence-electron chi connectivity index (χ2n) is 4.42. The van der Waals surface area contributed by atoms with Crippen molar-refractivity contribution in [2.45, 2.75) is 18.3 Å². The van der Waals surface area contributed by atoms with Crippen molar-refractivity contribution in [1.29, 1.82) is 0 Å². The zero-order valence-corrected chi connectivity index (χ0v) is 9.80. The van der Waals surface area contributed by atoms with Crippen molar-refractivity contribution in [1.82, 2.24) is 0 Å². The Morgan fingerprint density at radius 1 is 1.39 bits per heavy atom. The number of nitrogens with zero attached hydrogens (tertiary/aromatic N) is 1. The normalized spacial score (nSPS) is 18.2. The minimum atomic E-state index is -0.684. The molecular formula is C12H14N2O4. The van der Waals surface area contributed by atoms with E-state index in [-0.39, 0.29) is 11.4 Å². The molecule has 2 rings (SSSR count). The Kier molecular flexibility index (Phi) is 3.29. The van der Waals surface area contributed by atoms with Crippen molar-refractivity contribution in [2.24, 2.45) is 0 Å². The lowest BCUT2D eigenvalue weighted by Crippen LogP contribution is -2.35. The summed E-state index contributed by atoms with van der Waals surface area (Å²) in [4.78, 5) is 21.7. The molecule has 1 aromatic rings. The first-order valence-electron chi connectivity index (χ1n) is 5.67. The Hall–Kier alpha value is -1.95. The Morgan fingerprint density at radius 3 is 2.61 bits per heavy atom. The van der Waals surface area contributed by atoms with E-state index in [1.165, 1.54) is 12.1 Å². The highest BCUT2D eigenvalue weighted by atomic mass is 16.6. The molecule has 0 bridgehead atoms. The number of nitro groups is 1. The monoisotopic (exact) mass is 250 g/mol. The number of hydrogen-bond donors (Lipinski definition) is 1. The molecule has 1 aliphatic heterocycles. The van der Waals surface area contributed by atoms with Crippen molar-refractivity contribution in [3.63, 3.8) is 0 Å². The van der Waals surface area contributed by atoms with Gasteiger partial charge in [-0.15, -0.1) is 0 Å². The average Bonchev–Trinajstić information content (AvgIpc) is 2.39. The van der Waals surface area contributed by atoms with E-state index in [4.69, 9.17) is 10.5 Å². The van der Waals surface area contributed by atoms with Gasteiger partial charge in [-0.25, -0.2) is 0 Å². The van der Waals surface area contributed by atoms with Crippen LogP contribution in [0.15, 0.2) is 18.2 Å². The van der Waals surface area contributed by atoms with Crippen LogP contribution in [0.25, 0.3) is 0 Å². The average molecular weight is 250 g/mol. The van der Waals surface area contributed by atoms with Gasteiger partial charge in [0.15, 0.2) is 0 Å². The van der Waals surface area contributed by atoms with Crippen molar-refractivity contribution < 1.29 is 14.5 Å². The van der Waals surface area contributed by atoms with Crippen LogP contribution in [0.2, 0.25) is 0 Å². The zero-order chi connectivity index (χ0) is 13.2. The fourth-order valence-corrected chi connectivity index (χ4v) is 2.22. The van der Waals surface area contributed by atoms with Crippen molar-refractivity contribution in [3.05, 3.63) is 33.9 Å². The Bertz CT molecular complexity index is 481. The summed E-state index contributed by atoms with van der Waals surface area (Å²) >= 11 is 0. The van der Waals surface area contributed by atoms with E-state index in [0.29, 0.717) is 31.6 Å². The molecule has 0 aromatic heterocycles. The summed E-state index contributed by atoms with van der Waals surface area (Å²) in [5.41, 5.74) is 5.46. The first kappa shape index (κ1) is 12.5. The lowest BCUT2D eigenvalue weighted by atomic mass is 9.75. The van der Waals surface area contributed by atoms with E-state index in [2.05, 4.69) is 0 Å². The van der Waals surface area contributed by atoms with E-state index in [0.717, 1.165) is 6.29 Å². The van der Waals surface area contributed by atoms with Gasteiger partial charge < -0.3 is 15.3 Å². The summed E-state index contributed by atoms with van der Waals surface area (Å²) in [5.74, 6) is 0. The second-order valence-corrected chi connectivity index (χ2v) is 4.42. The number of aldehydes is 1. The summed E-state index contributed by atoms with van der Waals surface area (Å²) in [6.45, 7) is 0.966. The Labute approximate surface area is 104 Å². The molecular weight excluding hydrogens is 236 g/mol. The molecule has 0 unspecified atom stereocenters. The highest BCUT2D eigenvalue weighted by Gasteiger charge is 2.35. The number of benzene rings is 1. The molecule has 0 radical (unpaired) electrons. The van der Waals surface area contributed by atoms with Crippen molar-refractivity contribution >= 4 is 17.7 Å². The molecule has 2 N–H and O–H groups in total. The molecule has 0 aliphatic carbocycles. The smallest absolute Gasteiger partial charge is 0.292 e. The van der Waals surface area contributed by atoms with Crippen LogP contribution in [-0.2, 0) is 14.9 Å². The molecule has 6 nitrogen and oxygen atoms in total. The van der Waals surface area contributed by atoms with Crippen LogP contribution < -0.4 is 5.73 Å². The number of hydrogen-bond acceptors (Lipinski definition) is 5. The highest BCUT2D eigenvalue weighted by Crippen LogP contribution is 2.36. The molecule has 1 aromatic carbocycles. The van der Waals surface area contributed by atoms with Gasteiger partial charge in [0.25, 0.3) is 5.69 Å². The third kappa shape index (κ3) is 2.06. The van der Waals surface area contributed by atoms with Gasteiger partial charge in [-0.1, -0.05) is 6.07 Å². The van der Waals surface area contributed by atoms with E-state index in [9.17, 15) is 14.9 Å². The molecule has 0 atom stereocenters. The van der Waals surface area contributed by atoms with Gasteiger partial charge in [0.05, 0.1) is 10.3 Å². The van der Waals surface area contributed by atoms with Crippen molar-refractivity contribution in [2.75, 3.05) is 18.9 Å². The SMILES string of the molecule is Nc1ccc(C2(C=O)CCOCC2)cc1[N+](=O)[O-]. The van der Waals surface area contributed by atoms with Gasteiger partial charge in [0.1, 0.15) is 12.0 Å². The van der Waals surface area contributed by atoms with Crippen LogP contribution in [0.5, 0.6) is 0 Å². The predicted octanol–water partition coefficient (Wildman–Crippen LogP) is 1.42. The minimum absolute atomic E-state index is 0.108. The number of nitrogens with two attached hydrogens (primary N) is 1. The second kappa shape index (κ2) is 4.73. The Morgan fingerprint density at radius 2 is 2.06 bits per heavy atom. The quantitative estimate of drug-likeness (QED) is 0.379. The molecule has 1 heterocycles. The first-order chi connectivity index (χ1) is 8.59. The molecule has 18 heavy (non-hydrogen) atoms. The summed E-state index contributed by atoms with van der Waals surface area (Å²) in [7, 11) is 0. The fourth-order valence-electron chi connectivity index (χ4n) is 2.22. The maximum Gasteiger partial charge on any atom is 0.292 e. The van der Waals surface area contributed by atoms with Gasteiger partial charge in [-0.05, 0) is 24.5 Å². The molecule has 0 spiro atoms. The number of nitrogen functional groups attached to an aromatic ring is 1. The number of nitro benzene ring substituents is 1. The van der Waals surface area contributed by atoms with Crippen LogP contribution in [0.4, 0.5) is 11.4 Å². The topological polar surface area (TPSA) is 95.5 Å². The molecule has 0 amide bonds. The van der Waals surface area contributed by atoms with E-state index in [1.54, 1.807) is 6.07 Å². The first-order valence-corrected chi connectivity index (χ1v) is 5.67. The van der Waals surface area contributed by atoms with E-state index >= 15 is 0 Å². The number of carbonyl (C=O) groups excluding carboxylic acids is 1. The third-order valence-electron chi connectivity index (χ3n) is 3.41. The lowest BCUT2D eigenvalue weighted by Gasteiger charge is -2.32. The third-order valence-corrected chi connectivity index (χ3v) is 3.41. The summed E-state index contributed by atoms with van der Waals surface area (Å²) in [6, 6.07) is 4.56. The van der Waals surface area contributed by atoms with Crippen LogP contribution in [-0.4, -0.2) is 24.4 Å². The number of rotatable bonds is 3.